The smallest absolute Gasteiger partial charge is 0.0799 e. The third-order valence-corrected chi connectivity index (χ3v) is 5.32. The molecule has 25 heavy (non-hydrogen) atoms. The Morgan fingerprint density at radius 1 is 0.720 bits per heavy atom. The van der Waals surface area contributed by atoms with Crippen molar-refractivity contribution in [2.75, 3.05) is 0 Å². The molecule has 3 atom stereocenters. The first kappa shape index (κ1) is 22.2. The molecule has 2 nitrogen and oxygen atoms in total. The zero-order chi connectivity index (χ0) is 18.3. The van der Waals surface area contributed by atoms with Crippen LogP contribution >= 0.6 is 0 Å². The molecule has 0 bridgehead atoms. The van der Waals surface area contributed by atoms with Crippen molar-refractivity contribution in [2.45, 2.75) is 103 Å². The summed E-state index contributed by atoms with van der Waals surface area (Å²) in [5, 5.41) is 19.9. The van der Waals surface area contributed by atoms with Gasteiger partial charge in [0.25, 0.3) is 0 Å². The Bertz CT molecular complexity index is 404. The Balaban J connectivity index is 2.37. The monoisotopic (exact) mass is 348 g/mol. The quantitative estimate of drug-likeness (QED) is 0.387. The van der Waals surface area contributed by atoms with Crippen LogP contribution in [0, 0.1) is 5.92 Å². The molecule has 2 heteroatoms. The Morgan fingerprint density at radius 2 is 1.36 bits per heavy atom. The van der Waals surface area contributed by atoms with Gasteiger partial charge in [-0.15, -0.1) is 0 Å². The minimum atomic E-state index is -0.573. The predicted octanol–water partition coefficient (Wildman–Crippen LogP) is 5.90. The summed E-state index contributed by atoms with van der Waals surface area (Å²) in [7, 11) is 0. The van der Waals surface area contributed by atoms with Gasteiger partial charge < -0.3 is 10.2 Å². The lowest BCUT2D eigenvalue weighted by atomic mass is 9.88. The summed E-state index contributed by atoms with van der Waals surface area (Å²) in [6.45, 7) is 4.19. The zero-order valence-electron chi connectivity index (χ0n) is 16.5. The molecule has 1 aromatic rings. The maximum atomic E-state index is 10.1. The highest BCUT2D eigenvalue weighted by molar-refractivity contribution is 5.15. The van der Waals surface area contributed by atoms with Crippen LogP contribution in [0.2, 0.25) is 0 Å². The van der Waals surface area contributed by atoms with Crippen LogP contribution in [-0.4, -0.2) is 22.4 Å². The summed E-state index contributed by atoms with van der Waals surface area (Å²) < 4.78 is 0. The molecule has 144 valence electrons. The van der Waals surface area contributed by atoms with Crippen LogP contribution in [0.3, 0.4) is 0 Å². The van der Waals surface area contributed by atoms with E-state index in [0.717, 1.165) is 12.8 Å². The molecule has 3 unspecified atom stereocenters. The largest absolute Gasteiger partial charge is 0.390 e. The first-order chi connectivity index (χ1) is 12.2. The summed E-state index contributed by atoms with van der Waals surface area (Å²) in [5.41, 5.74) is 1.39. The second-order valence-corrected chi connectivity index (χ2v) is 7.59. The molecule has 1 aromatic carbocycles. The molecular formula is C23H40O2. The average molecular weight is 349 g/mol. The SMILES string of the molecule is CCCCCCCCCC(CCC(O)C(O)CC)Cc1ccccc1. The molecule has 2 N–H and O–H groups in total. The van der Waals surface area contributed by atoms with Gasteiger partial charge in [-0.25, -0.2) is 0 Å². The first-order valence-electron chi connectivity index (χ1n) is 10.6. The number of benzene rings is 1. The maximum Gasteiger partial charge on any atom is 0.0799 e. The van der Waals surface area contributed by atoms with Crippen molar-refractivity contribution in [3.05, 3.63) is 35.9 Å². The molecule has 0 saturated carbocycles. The number of hydrogen-bond donors (Lipinski definition) is 2. The van der Waals surface area contributed by atoms with Crippen molar-refractivity contribution in [1.82, 2.24) is 0 Å². The van der Waals surface area contributed by atoms with Crippen molar-refractivity contribution in [1.29, 1.82) is 0 Å². The van der Waals surface area contributed by atoms with E-state index >= 15 is 0 Å². The van der Waals surface area contributed by atoms with Gasteiger partial charge in [0.05, 0.1) is 12.2 Å². The van der Waals surface area contributed by atoms with E-state index in [9.17, 15) is 10.2 Å². The average Bonchev–Trinajstić information content (AvgIpc) is 2.65. The third-order valence-electron chi connectivity index (χ3n) is 5.32. The highest BCUT2D eigenvalue weighted by Crippen LogP contribution is 2.23. The number of hydrogen-bond acceptors (Lipinski definition) is 2. The minimum Gasteiger partial charge on any atom is -0.390 e. The Kier molecular flexibility index (Phi) is 12.7. The van der Waals surface area contributed by atoms with Crippen LogP contribution in [0.15, 0.2) is 30.3 Å². The maximum absolute atomic E-state index is 10.1. The van der Waals surface area contributed by atoms with Crippen molar-refractivity contribution in [2.24, 2.45) is 5.92 Å². The fraction of sp³-hybridized carbons (Fsp3) is 0.739. The Labute approximate surface area is 155 Å². The van der Waals surface area contributed by atoms with Gasteiger partial charge in [-0.05, 0) is 37.2 Å². The van der Waals surface area contributed by atoms with Gasteiger partial charge in [0.2, 0.25) is 0 Å². The molecule has 0 aliphatic carbocycles. The van der Waals surface area contributed by atoms with Gasteiger partial charge in [-0.3, -0.25) is 0 Å². The number of aliphatic hydroxyl groups excluding tert-OH is 2. The topological polar surface area (TPSA) is 40.5 Å². The third kappa shape index (κ3) is 10.7. The summed E-state index contributed by atoms with van der Waals surface area (Å²) in [6, 6.07) is 10.7. The van der Waals surface area contributed by atoms with E-state index in [0.29, 0.717) is 18.8 Å². The second-order valence-electron chi connectivity index (χ2n) is 7.59. The van der Waals surface area contributed by atoms with Gasteiger partial charge >= 0.3 is 0 Å². The molecule has 0 fully saturated rings. The number of aliphatic hydroxyl groups is 2. The molecule has 0 spiro atoms. The summed E-state index contributed by atoms with van der Waals surface area (Å²) in [6.07, 6.45) is 12.9. The van der Waals surface area contributed by atoms with Crippen LogP contribution in [0.25, 0.3) is 0 Å². The van der Waals surface area contributed by atoms with Crippen LogP contribution in [0.5, 0.6) is 0 Å². The van der Waals surface area contributed by atoms with Gasteiger partial charge in [-0.1, -0.05) is 95.5 Å². The fourth-order valence-electron chi connectivity index (χ4n) is 3.56. The van der Waals surface area contributed by atoms with Crippen LogP contribution in [-0.2, 0) is 6.42 Å². The van der Waals surface area contributed by atoms with Crippen molar-refractivity contribution >= 4 is 0 Å². The highest BCUT2D eigenvalue weighted by Gasteiger charge is 2.17. The molecule has 1 rings (SSSR count). The molecule has 0 aliphatic heterocycles. The summed E-state index contributed by atoms with van der Waals surface area (Å²) in [5.74, 6) is 0.608. The standard InChI is InChI=1S/C23H40O2/c1-3-5-6-7-8-9-11-16-21(17-18-23(25)22(24)4-2)19-20-14-12-10-13-15-20/h10,12-15,21-25H,3-9,11,16-19H2,1-2H3. The van der Waals surface area contributed by atoms with Crippen LogP contribution < -0.4 is 0 Å². The number of rotatable bonds is 15. The first-order valence-corrected chi connectivity index (χ1v) is 10.6. The van der Waals surface area contributed by atoms with Gasteiger partial charge in [-0.2, -0.15) is 0 Å². The van der Waals surface area contributed by atoms with Crippen molar-refractivity contribution in [3.8, 4) is 0 Å². The van der Waals surface area contributed by atoms with E-state index < -0.39 is 12.2 Å². The highest BCUT2D eigenvalue weighted by atomic mass is 16.3. The van der Waals surface area contributed by atoms with E-state index in [-0.39, 0.29) is 0 Å². The Hall–Kier alpha value is -0.860. The minimum absolute atomic E-state index is 0.572. The summed E-state index contributed by atoms with van der Waals surface area (Å²) in [4.78, 5) is 0. The molecule has 0 saturated heterocycles. The molecule has 0 aliphatic rings. The van der Waals surface area contributed by atoms with Crippen LogP contribution in [0.4, 0.5) is 0 Å². The summed E-state index contributed by atoms with van der Waals surface area (Å²) >= 11 is 0. The lowest BCUT2D eigenvalue weighted by Gasteiger charge is -2.21. The lowest BCUT2D eigenvalue weighted by Crippen LogP contribution is -2.25. The molecule has 0 amide bonds. The second kappa shape index (κ2) is 14.3. The molecular weight excluding hydrogens is 308 g/mol. The van der Waals surface area contributed by atoms with Crippen LogP contribution in [0.1, 0.15) is 90.0 Å². The molecule has 0 heterocycles. The number of unbranched alkanes of at least 4 members (excludes halogenated alkanes) is 6. The molecule has 0 radical (unpaired) electrons. The Morgan fingerprint density at radius 3 is 2.00 bits per heavy atom. The van der Waals surface area contributed by atoms with E-state index in [1.165, 1.54) is 56.9 Å². The van der Waals surface area contributed by atoms with Crippen molar-refractivity contribution < 1.29 is 10.2 Å². The molecule has 0 aromatic heterocycles. The zero-order valence-corrected chi connectivity index (χ0v) is 16.5. The van der Waals surface area contributed by atoms with E-state index in [1.807, 2.05) is 6.92 Å². The van der Waals surface area contributed by atoms with E-state index in [4.69, 9.17) is 0 Å². The van der Waals surface area contributed by atoms with Gasteiger partial charge in [0.1, 0.15) is 0 Å². The van der Waals surface area contributed by atoms with Crippen molar-refractivity contribution in [3.63, 3.8) is 0 Å². The lowest BCUT2D eigenvalue weighted by molar-refractivity contribution is 0.00899. The van der Waals surface area contributed by atoms with Gasteiger partial charge in [0.15, 0.2) is 0 Å². The fourth-order valence-corrected chi connectivity index (χ4v) is 3.56. The predicted molar refractivity (Wildman–Crippen MR) is 108 cm³/mol. The van der Waals surface area contributed by atoms with Gasteiger partial charge in [0, 0.05) is 0 Å². The van der Waals surface area contributed by atoms with E-state index in [2.05, 4.69) is 37.3 Å². The van der Waals surface area contributed by atoms with E-state index in [1.54, 1.807) is 0 Å². The normalized spacial score (nSPS) is 15.0.